The Labute approximate surface area is 133 Å². The molecule has 22 heavy (non-hydrogen) atoms. The Morgan fingerprint density at radius 1 is 1.05 bits per heavy atom. The van der Waals surface area contributed by atoms with E-state index in [1.807, 2.05) is 6.07 Å². The summed E-state index contributed by atoms with van der Waals surface area (Å²) in [7, 11) is 0. The first-order chi connectivity index (χ1) is 10.5. The molecule has 2 aromatic rings. The van der Waals surface area contributed by atoms with Crippen molar-refractivity contribution in [2.75, 3.05) is 5.32 Å². The molecule has 0 saturated carbocycles. The third-order valence-electron chi connectivity index (χ3n) is 2.95. The molecule has 4 nitrogen and oxygen atoms in total. The van der Waals surface area contributed by atoms with E-state index in [9.17, 15) is 14.4 Å². The predicted molar refractivity (Wildman–Crippen MR) is 85.3 cm³/mol. The lowest BCUT2D eigenvalue weighted by Crippen LogP contribution is -2.17. The maximum atomic E-state index is 12.5. The molecule has 0 aliphatic rings. The van der Waals surface area contributed by atoms with Crippen LogP contribution in [0, 0.1) is 0 Å². The number of carbonyl (C=O) groups is 3. The van der Waals surface area contributed by atoms with E-state index in [0.29, 0.717) is 16.3 Å². The summed E-state index contributed by atoms with van der Waals surface area (Å²) < 4.78 is 0. The van der Waals surface area contributed by atoms with Crippen LogP contribution in [-0.2, 0) is 9.59 Å². The maximum Gasteiger partial charge on any atom is 0.231 e. The Bertz CT molecular complexity index is 726. The van der Waals surface area contributed by atoms with Crippen LogP contribution in [0.5, 0.6) is 0 Å². The Morgan fingerprint density at radius 3 is 2.36 bits per heavy atom. The van der Waals surface area contributed by atoms with E-state index >= 15 is 0 Å². The number of Topliss-reactive ketones (excluding diaryl/α,β-unsaturated/α-hetero) is 1. The van der Waals surface area contributed by atoms with E-state index in [4.69, 9.17) is 11.6 Å². The van der Waals surface area contributed by atoms with Gasteiger partial charge in [0.1, 0.15) is 5.78 Å². The van der Waals surface area contributed by atoms with Crippen molar-refractivity contribution in [1.29, 1.82) is 0 Å². The molecule has 0 spiro atoms. The number of hydrogen-bond donors (Lipinski definition) is 1. The van der Waals surface area contributed by atoms with Gasteiger partial charge in [0.25, 0.3) is 0 Å². The molecule has 0 aliphatic carbocycles. The number of nitrogens with one attached hydrogen (secondary N) is 1. The van der Waals surface area contributed by atoms with E-state index < -0.39 is 5.91 Å². The summed E-state index contributed by atoms with van der Waals surface area (Å²) in [5, 5.41) is 2.97. The van der Waals surface area contributed by atoms with Crippen LogP contribution in [-0.4, -0.2) is 17.5 Å². The van der Waals surface area contributed by atoms with Gasteiger partial charge in [-0.05, 0) is 25.1 Å². The number of halogens is 1. The zero-order chi connectivity index (χ0) is 16.1. The summed E-state index contributed by atoms with van der Waals surface area (Å²) in [5.74, 6) is -0.958. The van der Waals surface area contributed by atoms with Gasteiger partial charge in [-0.2, -0.15) is 0 Å². The topological polar surface area (TPSA) is 63.2 Å². The lowest BCUT2D eigenvalue weighted by molar-refractivity contribution is -0.124. The Hall–Kier alpha value is -2.46. The van der Waals surface area contributed by atoms with Crippen molar-refractivity contribution < 1.29 is 14.4 Å². The van der Waals surface area contributed by atoms with Crippen LogP contribution in [0.15, 0.2) is 48.5 Å². The number of amides is 1. The van der Waals surface area contributed by atoms with Crippen LogP contribution in [0.4, 0.5) is 5.69 Å². The van der Waals surface area contributed by atoms with Gasteiger partial charge in [-0.1, -0.05) is 41.9 Å². The molecule has 0 bridgehead atoms. The molecule has 0 radical (unpaired) electrons. The molecule has 0 saturated heterocycles. The fourth-order valence-corrected chi connectivity index (χ4v) is 2.15. The van der Waals surface area contributed by atoms with Gasteiger partial charge >= 0.3 is 0 Å². The van der Waals surface area contributed by atoms with Crippen molar-refractivity contribution in [3.05, 3.63) is 64.7 Å². The highest BCUT2D eigenvalue weighted by Crippen LogP contribution is 2.24. The van der Waals surface area contributed by atoms with Crippen LogP contribution >= 0.6 is 11.6 Å². The first kappa shape index (κ1) is 15.9. The monoisotopic (exact) mass is 315 g/mol. The van der Waals surface area contributed by atoms with Crippen molar-refractivity contribution in [3.63, 3.8) is 0 Å². The van der Waals surface area contributed by atoms with Gasteiger partial charge in [-0.3, -0.25) is 14.4 Å². The van der Waals surface area contributed by atoms with Gasteiger partial charge in [0.15, 0.2) is 5.78 Å². The summed E-state index contributed by atoms with van der Waals surface area (Å²) in [6, 6.07) is 13.3. The van der Waals surface area contributed by atoms with Crippen molar-refractivity contribution in [3.8, 4) is 0 Å². The predicted octanol–water partition coefficient (Wildman–Crippen LogP) is 3.49. The third kappa shape index (κ3) is 4.02. The summed E-state index contributed by atoms with van der Waals surface area (Å²) in [4.78, 5) is 35.3. The largest absolute Gasteiger partial charge is 0.325 e. The Kier molecular flexibility index (Phi) is 5.07. The van der Waals surface area contributed by atoms with Crippen LogP contribution in [0.25, 0.3) is 0 Å². The van der Waals surface area contributed by atoms with E-state index in [1.54, 1.807) is 36.4 Å². The zero-order valence-corrected chi connectivity index (χ0v) is 12.7. The van der Waals surface area contributed by atoms with Crippen molar-refractivity contribution in [2.45, 2.75) is 13.3 Å². The molecule has 1 N–H and O–H groups in total. The number of benzene rings is 2. The molecule has 2 rings (SSSR count). The van der Waals surface area contributed by atoms with Crippen molar-refractivity contribution in [2.24, 2.45) is 0 Å². The summed E-state index contributed by atoms with van der Waals surface area (Å²) in [6.45, 7) is 1.33. The molecule has 0 atom stereocenters. The lowest BCUT2D eigenvalue weighted by Gasteiger charge is -2.10. The molecule has 2 aromatic carbocycles. The highest BCUT2D eigenvalue weighted by molar-refractivity contribution is 6.31. The first-order valence-electron chi connectivity index (χ1n) is 6.66. The van der Waals surface area contributed by atoms with E-state index in [1.165, 1.54) is 13.0 Å². The van der Waals surface area contributed by atoms with Crippen molar-refractivity contribution in [1.82, 2.24) is 0 Å². The number of rotatable bonds is 5. The number of hydrogen-bond acceptors (Lipinski definition) is 3. The minimum atomic E-state index is -0.461. The van der Waals surface area contributed by atoms with Crippen LogP contribution in [0.2, 0.25) is 5.02 Å². The molecule has 0 aromatic heterocycles. The highest BCUT2D eigenvalue weighted by atomic mass is 35.5. The van der Waals surface area contributed by atoms with Crippen LogP contribution in [0.3, 0.4) is 0 Å². The third-order valence-corrected chi connectivity index (χ3v) is 3.18. The molecular weight excluding hydrogens is 302 g/mol. The second-order valence-electron chi connectivity index (χ2n) is 4.81. The SMILES string of the molecule is CC(=O)CC(=O)Nc1ccc(Cl)cc1C(=O)c1ccccc1. The second-order valence-corrected chi connectivity index (χ2v) is 5.25. The second kappa shape index (κ2) is 7.00. The molecule has 0 unspecified atom stereocenters. The lowest BCUT2D eigenvalue weighted by atomic mass is 10.0. The average Bonchev–Trinajstić information content (AvgIpc) is 2.48. The fraction of sp³-hybridized carbons (Fsp3) is 0.118. The molecule has 0 aliphatic heterocycles. The smallest absolute Gasteiger partial charge is 0.231 e. The summed E-state index contributed by atoms with van der Waals surface area (Å²) in [6.07, 6.45) is -0.235. The van der Waals surface area contributed by atoms with Gasteiger partial charge in [-0.15, -0.1) is 0 Å². The fourth-order valence-electron chi connectivity index (χ4n) is 1.98. The molecule has 5 heteroatoms. The van der Waals surface area contributed by atoms with Crippen molar-refractivity contribution >= 4 is 34.8 Å². The Morgan fingerprint density at radius 2 is 1.73 bits per heavy atom. The van der Waals surface area contributed by atoms with Gasteiger partial charge in [0.2, 0.25) is 5.91 Å². The molecule has 112 valence electrons. The van der Waals surface area contributed by atoms with Gasteiger partial charge in [0.05, 0.1) is 12.1 Å². The zero-order valence-electron chi connectivity index (χ0n) is 11.9. The normalized spacial score (nSPS) is 10.1. The molecule has 0 fully saturated rings. The number of carbonyl (C=O) groups excluding carboxylic acids is 3. The molecule has 0 heterocycles. The van der Waals surface area contributed by atoms with Gasteiger partial charge in [0, 0.05) is 16.1 Å². The number of anilines is 1. The molecule has 1 amide bonds. The molecular formula is C17H14ClNO3. The standard InChI is InChI=1S/C17H14ClNO3/c1-11(20)9-16(21)19-15-8-7-13(18)10-14(15)17(22)12-5-3-2-4-6-12/h2-8,10H,9H2,1H3,(H,19,21). The Balaban J connectivity index is 2.34. The maximum absolute atomic E-state index is 12.5. The van der Waals surface area contributed by atoms with Gasteiger partial charge in [-0.25, -0.2) is 0 Å². The van der Waals surface area contributed by atoms with Crippen LogP contribution in [0.1, 0.15) is 29.3 Å². The van der Waals surface area contributed by atoms with E-state index in [2.05, 4.69) is 5.32 Å². The first-order valence-corrected chi connectivity index (χ1v) is 7.04. The highest BCUT2D eigenvalue weighted by Gasteiger charge is 2.16. The quantitative estimate of drug-likeness (QED) is 0.678. The van der Waals surface area contributed by atoms with E-state index in [-0.39, 0.29) is 23.6 Å². The minimum Gasteiger partial charge on any atom is -0.325 e. The summed E-state index contributed by atoms with van der Waals surface area (Å²) in [5.41, 5.74) is 1.12. The average molecular weight is 316 g/mol. The van der Waals surface area contributed by atoms with Crippen LogP contribution < -0.4 is 5.32 Å². The summed E-state index contributed by atoms with van der Waals surface area (Å²) >= 11 is 5.95. The number of ketones is 2. The van der Waals surface area contributed by atoms with Gasteiger partial charge < -0.3 is 5.32 Å². The minimum absolute atomic E-state index is 0.235. The van der Waals surface area contributed by atoms with E-state index in [0.717, 1.165) is 0 Å².